The third kappa shape index (κ3) is 16.9. The molecule has 1 aliphatic heterocycles. The summed E-state index contributed by atoms with van der Waals surface area (Å²) in [4.78, 5) is 52.3. The minimum atomic E-state index is -1.46. The molecule has 9 nitrogen and oxygen atoms in total. The monoisotopic (exact) mass is 1110 g/mol. The molecule has 348 valence electrons. The number of amides is 2. The second-order valence-corrected chi connectivity index (χ2v) is 17.4. The van der Waals surface area contributed by atoms with Gasteiger partial charge in [-0.1, -0.05) is 206 Å². The number of hydrogen-bond donors (Lipinski definition) is 2. The van der Waals surface area contributed by atoms with Crippen molar-refractivity contribution in [1.29, 1.82) is 0 Å². The molecular weight excluding hydrogens is 1060 g/mol. The van der Waals surface area contributed by atoms with E-state index in [2.05, 4.69) is 64.9 Å². The van der Waals surface area contributed by atoms with E-state index in [1.165, 1.54) is 16.5 Å². The standard InChI is InChI=1S/C21H17BrN2O2.C15H14O.C8H7BrO.C7H4BrNO.C6H7N/c22-17-11-13-19(14-12-17)24-20(25)23(18-9-5-2-6-10-18)15-21(24,26)16-7-3-1-4-8-16;16-15(14-9-5-2-6-10-14)12-11-13-7-3-1-4-8-13;9-6-8(10)7-4-2-1-3-5-7;8-6-1-3-7(4-2-6)9-5-10;7-6-4-2-1-3-5-6/h1-14,26H,15H2;1-10H,11-12H2;1-5H,6H2;1-4H;1-5H,7H2. The van der Waals surface area contributed by atoms with Crippen molar-refractivity contribution in [2.24, 2.45) is 4.99 Å². The van der Waals surface area contributed by atoms with Crippen LogP contribution in [0.4, 0.5) is 27.5 Å². The summed E-state index contributed by atoms with van der Waals surface area (Å²) in [5.74, 6) is 0.338. The number of Topliss-reactive ketones (excluding diaryl/α,β-unsaturated/α-hetero) is 2. The summed E-state index contributed by atoms with van der Waals surface area (Å²) in [6.07, 6.45) is 2.85. The number of aryl methyl sites for hydroxylation is 1. The molecule has 1 aliphatic rings. The van der Waals surface area contributed by atoms with Crippen LogP contribution in [0.3, 0.4) is 0 Å². The molecule has 1 unspecified atom stereocenters. The number of nitrogens with zero attached hydrogens (tertiary/aromatic N) is 3. The van der Waals surface area contributed by atoms with Crippen LogP contribution in [0.25, 0.3) is 0 Å². The quantitative estimate of drug-likeness (QED) is 0.0461. The summed E-state index contributed by atoms with van der Waals surface area (Å²) in [6.45, 7) is 0.149. The molecule has 69 heavy (non-hydrogen) atoms. The molecule has 1 atom stereocenters. The van der Waals surface area contributed by atoms with E-state index in [1.54, 1.807) is 17.0 Å². The van der Waals surface area contributed by atoms with E-state index < -0.39 is 5.72 Å². The van der Waals surface area contributed by atoms with Crippen LogP contribution in [0, 0.1) is 0 Å². The lowest BCUT2D eigenvalue weighted by Gasteiger charge is -2.32. The molecule has 3 N–H and O–H groups in total. The van der Waals surface area contributed by atoms with Gasteiger partial charge >= 0.3 is 6.03 Å². The van der Waals surface area contributed by atoms with Gasteiger partial charge in [-0.15, -0.1) is 0 Å². The van der Waals surface area contributed by atoms with Crippen molar-refractivity contribution in [2.75, 3.05) is 27.4 Å². The van der Waals surface area contributed by atoms with Crippen LogP contribution in [0.15, 0.2) is 244 Å². The maximum atomic E-state index is 13.3. The SMILES string of the molecule is Nc1ccccc1.O=C(CBr)c1ccccc1.O=C(CCc1ccccc1)c1ccccc1.O=C1N(c2ccccc2)CC(O)(c2ccccc2)N1c1ccc(Br)cc1.O=C=Nc1ccc(Br)cc1. The Morgan fingerprint density at radius 3 is 1.48 bits per heavy atom. The van der Waals surface area contributed by atoms with E-state index in [1.807, 2.05) is 206 Å². The van der Waals surface area contributed by atoms with E-state index >= 15 is 0 Å². The van der Waals surface area contributed by atoms with Crippen LogP contribution >= 0.6 is 47.8 Å². The highest BCUT2D eigenvalue weighted by Crippen LogP contribution is 2.40. The summed E-state index contributed by atoms with van der Waals surface area (Å²) < 4.78 is 1.88. The number of rotatable bonds is 10. The summed E-state index contributed by atoms with van der Waals surface area (Å²) in [7, 11) is 0. The minimum Gasteiger partial charge on any atom is -0.399 e. The Balaban J connectivity index is 0.000000176. The number of alkyl halides is 1. The van der Waals surface area contributed by atoms with Crippen molar-refractivity contribution in [2.45, 2.75) is 18.6 Å². The van der Waals surface area contributed by atoms with Crippen LogP contribution in [0.2, 0.25) is 0 Å². The molecule has 8 aromatic rings. The second kappa shape index (κ2) is 28.3. The largest absolute Gasteiger partial charge is 0.399 e. The number of hydrogen-bond acceptors (Lipinski definition) is 7. The fourth-order valence-electron chi connectivity index (χ4n) is 6.68. The first kappa shape index (κ1) is 52.9. The lowest BCUT2D eigenvalue weighted by atomic mass is 10.0. The smallest absolute Gasteiger partial charge is 0.331 e. The Morgan fingerprint density at radius 2 is 1.01 bits per heavy atom. The molecular formula is C57H49Br3N4O5. The highest BCUT2D eigenvalue weighted by atomic mass is 79.9. The molecule has 1 fully saturated rings. The van der Waals surface area contributed by atoms with Crippen molar-refractivity contribution in [3.8, 4) is 0 Å². The van der Waals surface area contributed by atoms with Gasteiger partial charge < -0.3 is 10.8 Å². The number of nitrogen functional groups attached to an aromatic ring is 1. The number of nitrogens with two attached hydrogens (primary N) is 1. The van der Waals surface area contributed by atoms with E-state index in [0.717, 1.165) is 37.9 Å². The second-order valence-electron chi connectivity index (χ2n) is 15.0. The zero-order valence-corrected chi connectivity index (χ0v) is 42.2. The van der Waals surface area contributed by atoms with Crippen LogP contribution < -0.4 is 15.5 Å². The molecule has 1 saturated heterocycles. The van der Waals surface area contributed by atoms with Crippen molar-refractivity contribution in [1.82, 2.24) is 0 Å². The molecule has 0 spiro atoms. The summed E-state index contributed by atoms with van der Waals surface area (Å²) in [5, 5.41) is 12.0. The number of para-hydroxylation sites is 2. The lowest BCUT2D eigenvalue weighted by Crippen LogP contribution is -2.44. The molecule has 9 rings (SSSR count). The molecule has 12 heteroatoms. The van der Waals surface area contributed by atoms with Gasteiger partial charge in [-0.2, -0.15) is 4.99 Å². The normalized spacial score (nSPS) is 13.2. The van der Waals surface area contributed by atoms with Gasteiger partial charge in [0.05, 0.1) is 17.6 Å². The van der Waals surface area contributed by atoms with Crippen LogP contribution in [0.1, 0.15) is 38.3 Å². The number of urea groups is 1. The third-order valence-electron chi connectivity index (χ3n) is 10.2. The number of benzene rings is 8. The number of carbonyl (C=O) groups is 3. The molecule has 1 heterocycles. The number of isocyanates is 1. The Kier molecular flexibility index (Phi) is 21.7. The molecule has 0 bridgehead atoms. The summed E-state index contributed by atoms with van der Waals surface area (Å²) in [5.41, 5.74) is 10.2. The maximum Gasteiger partial charge on any atom is 0.331 e. The third-order valence-corrected chi connectivity index (χ3v) is 11.7. The number of carbonyl (C=O) groups excluding carboxylic acids is 4. The zero-order valence-electron chi connectivity index (χ0n) is 37.4. The molecule has 0 radical (unpaired) electrons. The van der Waals surface area contributed by atoms with E-state index in [9.17, 15) is 24.3 Å². The first-order valence-corrected chi connectivity index (χ1v) is 24.3. The van der Waals surface area contributed by atoms with Gasteiger partial charge in [0.25, 0.3) is 0 Å². The van der Waals surface area contributed by atoms with Crippen molar-refractivity contribution >= 4 is 94.2 Å². The minimum absolute atomic E-state index is 0.126. The van der Waals surface area contributed by atoms with Crippen molar-refractivity contribution < 1.29 is 24.3 Å². The van der Waals surface area contributed by atoms with Gasteiger partial charge in [-0.3, -0.25) is 19.4 Å². The van der Waals surface area contributed by atoms with Crippen molar-refractivity contribution in [3.05, 3.63) is 262 Å². The van der Waals surface area contributed by atoms with Gasteiger partial charge in [0.1, 0.15) is 0 Å². The highest BCUT2D eigenvalue weighted by Gasteiger charge is 2.51. The fourth-order valence-corrected chi connectivity index (χ4v) is 7.53. The molecule has 0 aromatic heterocycles. The van der Waals surface area contributed by atoms with Crippen LogP contribution in [-0.2, 0) is 16.9 Å². The Bertz CT molecular complexity index is 2830. The van der Waals surface area contributed by atoms with Gasteiger partial charge in [0, 0.05) is 49.1 Å². The summed E-state index contributed by atoms with van der Waals surface area (Å²) >= 11 is 9.77. The van der Waals surface area contributed by atoms with E-state index in [4.69, 9.17) is 5.73 Å². The average molecular weight is 1110 g/mol. The highest BCUT2D eigenvalue weighted by molar-refractivity contribution is 9.10. The predicted octanol–water partition coefficient (Wildman–Crippen LogP) is 14.2. The molecule has 0 saturated carbocycles. The van der Waals surface area contributed by atoms with E-state index in [-0.39, 0.29) is 24.1 Å². The number of β-amino-alcohol motifs (C(OH)–C–C–N with tert-alkyl or cyclic N) is 1. The lowest BCUT2D eigenvalue weighted by molar-refractivity contribution is 0.0655. The van der Waals surface area contributed by atoms with Gasteiger partial charge in [-0.05, 0) is 84.8 Å². The first-order valence-electron chi connectivity index (χ1n) is 21.6. The Morgan fingerprint density at radius 1 is 0.580 bits per heavy atom. The van der Waals surface area contributed by atoms with E-state index in [0.29, 0.717) is 28.7 Å². The fraction of sp³-hybridized carbons (Fsp3) is 0.0877. The predicted molar refractivity (Wildman–Crippen MR) is 289 cm³/mol. The Labute approximate surface area is 428 Å². The van der Waals surface area contributed by atoms with Gasteiger partial charge in [0.2, 0.25) is 6.08 Å². The molecule has 8 aromatic carbocycles. The Hall–Kier alpha value is -7.05. The number of ketones is 2. The first-order chi connectivity index (χ1) is 33.5. The number of anilines is 3. The maximum absolute atomic E-state index is 13.3. The summed E-state index contributed by atoms with van der Waals surface area (Å²) in [6, 6.07) is 71.2. The molecule has 2 amide bonds. The van der Waals surface area contributed by atoms with Crippen LogP contribution in [0.5, 0.6) is 0 Å². The number of aliphatic imine (C=N–C) groups is 1. The average Bonchev–Trinajstić information content (AvgIpc) is 3.68. The zero-order chi connectivity index (χ0) is 49.3. The molecule has 0 aliphatic carbocycles. The number of aliphatic hydroxyl groups is 1. The number of halogens is 3. The van der Waals surface area contributed by atoms with Crippen molar-refractivity contribution in [3.63, 3.8) is 0 Å². The topological polar surface area (TPSA) is 133 Å². The van der Waals surface area contributed by atoms with Gasteiger partial charge in [0.15, 0.2) is 17.3 Å². The van der Waals surface area contributed by atoms with Gasteiger partial charge in [-0.25, -0.2) is 9.59 Å². The van der Waals surface area contributed by atoms with Crippen LogP contribution in [-0.4, -0.2) is 40.7 Å².